The number of carbonyl (C=O) groups is 1. The molecule has 2 rings (SSSR count). The zero-order valence-corrected chi connectivity index (χ0v) is 14.1. The van der Waals surface area contributed by atoms with Crippen molar-refractivity contribution >= 4 is 15.7 Å². The van der Waals surface area contributed by atoms with Crippen LogP contribution in [0.3, 0.4) is 0 Å². The normalized spacial score (nSPS) is 23.7. The predicted octanol–water partition coefficient (Wildman–Crippen LogP) is 2.34. The molecule has 1 saturated carbocycles. The van der Waals surface area contributed by atoms with Crippen molar-refractivity contribution < 1.29 is 13.2 Å². The molecule has 1 aliphatic carbocycles. The van der Waals surface area contributed by atoms with Gasteiger partial charge >= 0.3 is 0 Å². The topological polar surface area (TPSA) is 63.2 Å². The van der Waals surface area contributed by atoms with Gasteiger partial charge in [0.05, 0.1) is 0 Å². The summed E-state index contributed by atoms with van der Waals surface area (Å²) in [5.41, 5.74) is 1.27. The van der Waals surface area contributed by atoms with Gasteiger partial charge in [-0.15, -0.1) is 0 Å². The number of sulfone groups is 1. The lowest BCUT2D eigenvalue weighted by molar-refractivity contribution is -0.121. The van der Waals surface area contributed by atoms with Gasteiger partial charge in [-0.2, -0.15) is 0 Å². The maximum atomic E-state index is 12.2. The molecule has 1 fully saturated rings. The maximum absolute atomic E-state index is 12.2. The van der Waals surface area contributed by atoms with Crippen LogP contribution in [0.4, 0.5) is 0 Å². The summed E-state index contributed by atoms with van der Waals surface area (Å²) in [5, 5.41) is 2.00. The van der Waals surface area contributed by atoms with Crippen LogP contribution in [-0.2, 0) is 21.1 Å². The minimum absolute atomic E-state index is 0.0747. The van der Waals surface area contributed by atoms with Crippen LogP contribution in [0.5, 0.6) is 0 Å². The van der Waals surface area contributed by atoms with Crippen LogP contribution in [0.15, 0.2) is 30.3 Å². The van der Waals surface area contributed by atoms with Gasteiger partial charge < -0.3 is 5.32 Å². The molecule has 1 aliphatic rings. The van der Waals surface area contributed by atoms with E-state index in [0.29, 0.717) is 5.92 Å². The van der Waals surface area contributed by atoms with Gasteiger partial charge in [0.15, 0.2) is 9.84 Å². The van der Waals surface area contributed by atoms with Crippen LogP contribution >= 0.6 is 0 Å². The van der Waals surface area contributed by atoms with Crippen molar-refractivity contribution in [2.24, 2.45) is 5.92 Å². The Labute approximate surface area is 133 Å². The van der Waals surface area contributed by atoms with Crippen molar-refractivity contribution in [3.8, 4) is 0 Å². The highest BCUT2D eigenvalue weighted by Crippen LogP contribution is 2.27. The second-order valence-electron chi connectivity index (χ2n) is 6.32. The molecule has 3 atom stereocenters. The SMILES string of the molecule is C[C@H](C(=O)N[C@H]1CCCC[C@@H]1Cc1ccccc1)S(C)(=O)=O. The van der Waals surface area contributed by atoms with E-state index in [9.17, 15) is 13.2 Å². The molecule has 0 radical (unpaired) electrons. The molecule has 0 aromatic heterocycles. The predicted molar refractivity (Wildman–Crippen MR) is 88.3 cm³/mol. The largest absolute Gasteiger partial charge is 0.352 e. The number of carbonyl (C=O) groups excluding carboxylic acids is 1. The first-order valence-corrected chi connectivity index (χ1v) is 9.86. The Kier molecular flexibility index (Phi) is 5.62. The van der Waals surface area contributed by atoms with Crippen LogP contribution in [-0.4, -0.2) is 31.9 Å². The van der Waals surface area contributed by atoms with Crippen molar-refractivity contribution in [2.75, 3.05) is 6.26 Å². The highest BCUT2D eigenvalue weighted by atomic mass is 32.2. The Bertz CT molecular complexity index is 598. The van der Waals surface area contributed by atoms with Crippen molar-refractivity contribution in [1.82, 2.24) is 5.32 Å². The van der Waals surface area contributed by atoms with Crippen LogP contribution in [0.2, 0.25) is 0 Å². The van der Waals surface area contributed by atoms with Crippen LogP contribution in [0.25, 0.3) is 0 Å². The fraction of sp³-hybridized carbons (Fsp3) is 0.588. The third kappa shape index (κ3) is 4.57. The lowest BCUT2D eigenvalue weighted by Gasteiger charge is -2.33. The first-order valence-electron chi connectivity index (χ1n) is 7.91. The fourth-order valence-electron chi connectivity index (χ4n) is 3.05. The standard InChI is InChI=1S/C17H25NO3S/c1-13(22(2,20)21)17(19)18-16-11-7-6-10-15(16)12-14-8-4-3-5-9-14/h3-5,8-9,13,15-16H,6-7,10-12H2,1-2H3,(H,18,19)/t13-,15-,16+/m1/s1. The van der Waals surface area contributed by atoms with E-state index in [1.807, 2.05) is 18.2 Å². The summed E-state index contributed by atoms with van der Waals surface area (Å²) in [4.78, 5) is 12.2. The number of nitrogens with one attached hydrogen (secondary N) is 1. The van der Waals surface area contributed by atoms with Crippen molar-refractivity contribution in [2.45, 2.75) is 50.3 Å². The molecule has 122 valence electrons. The van der Waals surface area contributed by atoms with Crippen LogP contribution in [0.1, 0.15) is 38.2 Å². The monoisotopic (exact) mass is 323 g/mol. The van der Waals surface area contributed by atoms with E-state index in [-0.39, 0.29) is 11.9 Å². The number of amides is 1. The van der Waals surface area contributed by atoms with Crippen molar-refractivity contribution in [1.29, 1.82) is 0 Å². The lowest BCUT2D eigenvalue weighted by Crippen LogP contribution is -2.47. The van der Waals surface area contributed by atoms with E-state index in [1.54, 1.807) is 0 Å². The van der Waals surface area contributed by atoms with Gasteiger partial charge in [-0.1, -0.05) is 43.2 Å². The van der Waals surface area contributed by atoms with Gasteiger partial charge in [0.1, 0.15) is 5.25 Å². The number of benzene rings is 1. The molecule has 0 aliphatic heterocycles. The molecule has 1 aromatic carbocycles. The lowest BCUT2D eigenvalue weighted by atomic mass is 9.80. The van der Waals surface area contributed by atoms with Crippen molar-refractivity contribution in [3.63, 3.8) is 0 Å². The number of rotatable bonds is 5. The smallest absolute Gasteiger partial charge is 0.238 e. The quantitative estimate of drug-likeness (QED) is 0.904. The molecule has 0 spiro atoms. The Morgan fingerprint density at radius 3 is 2.50 bits per heavy atom. The van der Waals surface area contributed by atoms with Gasteiger partial charge in [-0.3, -0.25) is 4.79 Å². The first-order chi connectivity index (χ1) is 10.4. The van der Waals surface area contributed by atoms with E-state index in [1.165, 1.54) is 18.9 Å². The molecule has 0 heterocycles. The zero-order valence-electron chi connectivity index (χ0n) is 13.3. The molecular weight excluding hydrogens is 298 g/mol. The average Bonchev–Trinajstić information content (AvgIpc) is 2.48. The highest BCUT2D eigenvalue weighted by molar-refractivity contribution is 7.92. The van der Waals surface area contributed by atoms with Crippen molar-refractivity contribution in [3.05, 3.63) is 35.9 Å². The highest BCUT2D eigenvalue weighted by Gasteiger charge is 2.30. The third-order valence-electron chi connectivity index (χ3n) is 4.59. The molecule has 1 aromatic rings. The summed E-state index contributed by atoms with van der Waals surface area (Å²) < 4.78 is 23.1. The van der Waals surface area contributed by atoms with E-state index >= 15 is 0 Å². The minimum Gasteiger partial charge on any atom is -0.352 e. The molecule has 5 heteroatoms. The third-order valence-corrected chi connectivity index (χ3v) is 6.09. The van der Waals surface area contributed by atoms with E-state index in [4.69, 9.17) is 0 Å². The Morgan fingerprint density at radius 1 is 1.23 bits per heavy atom. The molecule has 0 bridgehead atoms. The zero-order chi connectivity index (χ0) is 16.2. The van der Waals surface area contributed by atoms with Crippen LogP contribution < -0.4 is 5.32 Å². The molecule has 0 unspecified atom stereocenters. The summed E-state index contributed by atoms with van der Waals surface area (Å²) >= 11 is 0. The Morgan fingerprint density at radius 2 is 1.86 bits per heavy atom. The maximum Gasteiger partial charge on any atom is 0.238 e. The summed E-state index contributed by atoms with van der Waals surface area (Å²) in [7, 11) is -3.34. The van der Waals surface area contributed by atoms with Gasteiger partial charge in [-0.25, -0.2) is 8.42 Å². The van der Waals surface area contributed by atoms with Gasteiger partial charge in [-0.05, 0) is 37.7 Å². The van der Waals surface area contributed by atoms with E-state index in [0.717, 1.165) is 31.9 Å². The minimum atomic E-state index is -3.34. The van der Waals surface area contributed by atoms with Gasteiger partial charge in [0.25, 0.3) is 0 Å². The molecular formula is C17H25NO3S. The summed E-state index contributed by atoms with van der Waals surface area (Å²) in [6.45, 7) is 1.46. The summed E-state index contributed by atoms with van der Waals surface area (Å²) in [6, 6.07) is 10.3. The Balaban J connectivity index is 2.02. The molecule has 1 N–H and O–H groups in total. The van der Waals surface area contributed by atoms with E-state index < -0.39 is 15.1 Å². The average molecular weight is 323 g/mol. The van der Waals surface area contributed by atoms with Crippen LogP contribution in [0, 0.1) is 5.92 Å². The number of hydrogen-bond acceptors (Lipinski definition) is 3. The second kappa shape index (κ2) is 7.27. The molecule has 4 nitrogen and oxygen atoms in total. The van der Waals surface area contributed by atoms with Gasteiger partial charge in [0.2, 0.25) is 5.91 Å². The molecule has 22 heavy (non-hydrogen) atoms. The molecule has 0 saturated heterocycles. The first kappa shape index (κ1) is 17.0. The fourth-order valence-corrected chi connectivity index (χ4v) is 3.51. The Hall–Kier alpha value is -1.36. The van der Waals surface area contributed by atoms with Gasteiger partial charge in [0, 0.05) is 12.3 Å². The number of hydrogen-bond donors (Lipinski definition) is 1. The summed E-state index contributed by atoms with van der Waals surface area (Å²) in [6.07, 6.45) is 6.31. The second-order valence-corrected chi connectivity index (χ2v) is 8.69. The van der Waals surface area contributed by atoms with E-state index in [2.05, 4.69) is 17.4 Å². The summed E-state index contributed by atoms with van der Waals surface area (Å²) in [5.74, 6) is 0.0133. The molecule has 1 amide bonds.